The molecule has 0 radical (unpaired) electrons. The standard InChI is InChI=1S/C24H26N4O5/c1-32-20-6-2-4-16(8-20)9-21-13-27-24(33-21)17-5-3-7-28(15-17)22(30)14-26-23(31)18-10-19(29)12-25-11-18/h2,4,6,8,10-13,17,29H,3,5,7,9,14-15H2,1H3,(H,26,31)/t17-/m1/s1. The molecule has 1 saturated heterocycles. The van der Waals surface area contributed by atoms with Crippen LogP contribution in [-0.4, -0.2) is 58.5 Å². The number of nitrogens with zero attached hydrogens (tertiary/aromatic N) is 3. The lowest BCUT2D eigenvalue weighted by atomic mass is 9.98. The summed E-state index contributed by atoms with van der Waals surface area (Å²) in [4.78, 5) is 34.8. The zero-order valence-corrected chi connectivity index (χ0v) is 18.4. The van der Waals surface area contributed by atoms with Crippen LogP contribution in [0.1, 0.15) is 46.3 Å². The average Bonchev–Trinajstić information content (AvgIpc) is 3.31. The molecule has 2 amide bonds. The van der Waals surface area contributed by atoms with Crippen molar-refractivity contribution in [2.24, 2.45) is 0 Å². The van der Waals surface area contributed by atoms with Crippen LogP contribution in [0.5, 0.6) is 11.5 Å². The number of ether oxygens (including phenoxy) is 1. The highest BCUT2D eigenvalue weighted by atomic mass is 16.5. The molecule has 0 bridgehead atoms. The zero-order chi connectivity index (χ0) is 23.2. The lowest BCUT2D eigenvalue weighted by Gasteiger charge is -2.31. The van der Waals surface area contributed by atoms with Gasteiger partial charge in [-0.2, -0.15) is 0 Å². The second kappa shape index (κ2) is 10.2. The van der Waals surface area contributed by atoms with Gasteiger partial charge in [0.05, 0.1) is 37.5 Å². The lowest BCUT2D eigenvalue weighted by Crippen LogP contribution is -2.44. The maximum atomic E-state index is 12.7. The van der Waals surface area contributed by atoms with Crippen molar-refractivity contribution in [2.75, 3.05) is 26.7 Å². The Balaban J connectivity index is 1.32. The lowest BCUT2D eigenvalue weighted by molar-refractivity contribution is -0.131. The van der Waals surface area contributed by atoms with Crippen LogP contribution in [0.4, 0.5) is 0 Å². The first-order chi connectivity index (χ1) is 16.0. The fourth-order valence-corrected chi connectivity index (χ4v) is 3.90. The number of hydrogen-bond donors (Lipinski definition) is 2. The van der Waals surface area contributed by atoms with Gasteiger partial charge in [-0.3, -0.25) is 14.6 Å². The summed E-state index contributed by atoms with van der Waals surface area (Å²) in [6.45, 7) is 0.978. The highest BCUT2D eigenvalue weighted by molar-refractivity contribution is 5.96. The van der Waals surface area contributed by atoms with E-state index in [9.17, 15) is 14.7 Å². The van der Waals surface area contributed by atoms with Gasteiger partial charge < -0.3 is 24.5 Å². The number of aromatic nitrogens is 2. The number of methoxy groups -OCH3 is 1. The van der Waals surface area contributed by atoms with Crippen LogP contribution in [0.2, 0.25) is 0 Å². The molecule has 0 unspecified atom stereocenters. The number of aromatic hydroxyl groups is 1. The van der Waals surface area contributed by atoms with Gasteiger partial charge in [0.15, 0.2) is 5.89 Å². The van der Waals surface area contributed by atoms with E-state index in [1.54, 1.807) is 18.2 Å². The molecule has 1 aliphatic heterocycles. The van der Waals surface area contributed by atoms with Crippen molar-refractivity contribution in [1.82, 2.24) is 20.2 Å². The number of piperidine rings is 1. The third-order valence-electron chi connectivity index (χ3n) is 5.59. The van der Waals surface area contributed by atoms with Gasteiger partial charge in [0, 0.05) is 25.7 Å². The first-order valence-corrected chi connectivity index (χ1v) is 10.8. The second-order valence-electron chi connectivity index (χ2n) is 7.99. The summed E-state index contributed by atoms with van der Waals surface area (Å²) in [5, 5.41) is 12.0. The van der Waals surface area contributed by atoms with E-state index in [1.165, 1.54) is 18.5 Å². The molecule has 3 heterocycles. The molecule has 0 aliphatic carbocycles. The zero-order valence-electron chi connectivity index (χ0n) is 18.4. The number of nitrogens with one attached hydrogen (secondary N) is 1. The third kappa shape index (κ3) is 5.68. The van der Waals surface area contributed by atoms with E-state index in [1.807, 2.05) is 24.3 Å². The summed E-state index contributed by atoms with van der Waals surface area (Å²) in [6.07, 6.45) is 6.62. The maximum absolute atomic E-state index is 12.7. The van der Waals surface area contributed by atoms with Crippen LogP contribution in [-0.2, 0) is 11.2 Å². The Bertz CT molecular complexity index is 1130. The number of oxazole rings is 1. The summed E-state index contributed by atoms with van der Waals surface area (Å²) in [5.41, 5.74) is 1.26. The van der Waals surface area contributed by atoms with E-state index in [0.717, 1.165) is 29.9 Å². The molecular formula is C24H26N4O5. The molecule has 0 spiro atoms. The Morgan fingerprint density at radius 3 is 2.97 bits per heavy atom. The number of benzene rings is 1. The van der Waals surface area contributed by atoms with Gasteiger partial charge >= 0.3 is 0 Å². The van der Waals surface area contributed by atoms with Crippen molar-refractivity contribution in [1.29, 1.82) is 0 Å². The molecule has 9 nitrogen and oxygen atoms in total. The topological polar surface area (TPSA) is 118 Å². The van der Waals surface area contributed by atoms with Crippen LogP contribution in [0, 0.1) is 0 Å². The predicted octanol–water partition coefficient (Wildman–Crippen LogP) is 2.51. The van der Waals surface area contributed by atoms with E-state index < -0.39 is 5.91 Å². The van der Waals surface area contributed by atoms with E-state index in [-0.39, 0.29) is 29.7 Å². The minimum Gasteiger partial charge on any atom is -0.506 e. The Morgan fingerprint density at radius 2 is 2.15 bits per heavy atom. The Kier molecular flexibility index (Phi) is 6.87. The molecule has 0 saturated carbocycles. The molecule has 1 aliphatic rings. The highest BCUT2D eigenvalue weighted by Crippen LogP contribution is 2.27. The molecule has 172 valence electrons. The van der Waals surface area contributed by atoms with Gasteiger partial charge in [-0.15, -0.1) is 0 Å². The van der Waals surface area contributed by atoms with Crippen molar-refractivity contribution in [2.45, 2.75) is 25.2 Å². The van der Waals surface area contributed by atoms with Gasteiger partial charge in [-0.05, 0) is 36.6 Å². The fourth-order valence-electron chi connectivity index (χ4n) is 3.90. The van der Waals surface area contributed by atoms with Gasteiger partial charge in [-0.25, -0.2) is 4.98 Å². The minimum absolute atomic E-state index is 0.00716. The highest BCUT2D eigenvalue weighted by Gasteiger charge is 2.28. The Hall–Kier alpha value is -3.88. The van der Waals surface area contributed by atoms with Crippen LogP contribution < -0.4 is 10.1 Å². The monoisotopic (exact) mass is 450 g/mol. The average molecular weight is 450 g/mol. The normalized spacial score (nSPS) is 15.8. The summed E-state index contributed by atoms with van der Waals surface area (Å²) in [6, 6.07) is 9.10. The van der Waals surface area contributed by atoms with E-state index in [0.29, 0.717) is 25.4 Å². The number of rotatable bonds is 7. The Morgan fingerprint density at radius 1 is 1.27 bits per heavy atom. The van der Waals surface area contributed by atoms with Gasteiger partial charge in [0.2, 0.25) is 5.91 Å². The van der Waals surface area contributed by atoms with Gasteiger partial charge in [0.25, 0.3) is 5.91 Å². The SMILES string of the molecule is COc1cccc(Cc2cnc([C@@H]3CCCN(C(=O)CNC(=O)c4cncc(O)c4)C3)o2)c1. The van der Waals surface area contributed by atoms with Crippen molar-refractivity contribution >= 4 is 11.8 Å². The minimum atomic E-state index is -0.463. The first kappa shape index (κ1) is 22.3. The van der Waals surface area contributed by atoms with Crippen LogP contribution in [0.25, 0.3) is 0 Å². The van der Waals surface area contributed by atoms with Crippen LogP contribution >= 0.6 is 0 Å². The molecular weight excluding hydrogens is 424 g/mol. The van der Waals surface area contributed by atoms with Crippen molar-refractivity contribution in [3.63, 3.8) is 0 Å². The van der Waals surface area contributed by atoms with E-state index >= 15 is 0 Å². The summed E-state index contributed by atoms with van der Waals surface area (Å²) >= 11 is 0. The molecule has 2 N–H and O–H groups in total. The Labute approximate surface area is 191 Å². The number of likely N-dealkylation sites (tertiary alicyclic amines) is 1. The van der Waals surface area contributed by atoms with E-state index in [4.69, 9.17) is 9.15 Å². The van der Waals surface area contributed by atoms with Gasteiger partial charge in [0.1, 0.15) is 17.3 Å². The second-order valence-corrected chi connectivity index (χ2v) is 7.99. The number of amides is 2. The van der Waals surface area contributed by atoms with Crippen molar-refractivity contribution in [3.05, 3.63) is 71.7 Å². The van der Waals surface area contributed by atoms with E-state index in [2.05, 4.69) is 15.3 Å². The largest absolute Gasteiger partial charge is 0.506 e. The predicted molar refractivity (Wildman–Crippen MR) is 119 cm³/mol. The molecule has 2 aromatic heterocycles. The molecule has 9 heteroatoms. The smallest absolute Gasteiger partial charge is 0.253 e. The summed E-state index contributed by atoms with van der Waals surface area (Å²) in [5.74, 6) is 1.44. The fraction of sp³-hybridized carbons (Fsp3) is 0.333. The molecule has 4 rings (SSSR count). The first-order valence-electron chi connectivity index (χ1n) is 10.8. The third-order valence-corrected chi connectivity index (χ3v) is 5.59. The number of hydrogen-bond acceptors (Lipinski definition) is 7. The molecule has 1 aromatic carbocycles. The maximum Gasteiger partial charge on any atom is 0.253 e. The molecule has 1 atom stereocenters. The molecule has 1 fully saturated rings. The summed E-state index contributed by atoms with van der Waals surface area (Å²) in [7, 11) is 1.64. The molecule has 33 heavy (non-hydrogen) atoms. The number of carbonyl (C=O) groups is 2. The van der Waals surface area contributed by atoms with Crippen molar-refractivity contribution < 1.29 is 23.8 Å². The van der Waals surface area contributed by atoms with Gasteiger partial charge in [-0.1, -0.05) is 12.1 Å². The molecule has 3 aromatic rings. The number of pyridine rings is 1. The van der Waals surface area contributed by atoms with Crippen molar-refractivity contribution in [3.8, 4) is 11.5 Å². The number of carbonyl (C=O) groups excluding carboxylic acids is 2. The summed E-state index contributed by atoms with van der Waals surface area (Å²) < 4.78 is 11.3. The van der Waals surface area contributed by atoms with Crippen LogP contribution in [0.3, 0.4) is 0 Å². The van der Waals surface area contributed by atoms with Crippen LogP contribution in [0.15, 0.2) is 53.3 Å². The quantitative estimate of drug-likeness (QED) is 0.568.